The molecule has 2 N–H and O–H groups in total. The number of nitrogens with zero attached hydrogens (tertiary/aromatic N) is 1. The largest absolute Gasteiger partial charge is 0.350 e. The Balaban J connectivity index is 1.42. The van der Waals surface area contributed by atoms with Crippen LogP contribution in [0.1, 0.15) is 4.88 Å². The average Bonchev–Trinajstić information content (AvgIpc) is 3.01. The Morgan fingerprint density at radius 1 is 1.44 bits per heavy atom. The van der Waals surface area contributed by atoms with Gasteiger partial charge in [-0.3, -0.25) is 9.69 Å². The van der Waals surface area contributed by atoms with Gasteiger partial charge in [-0.1, -0.05) is 6.07 Å². The lowest BCUT2D eigenvalue weighted by molar-refractivity contribution is -0.122. The van der Waals surface area contributed by atoms with Gasteiger partial charge in [-0.2, -0.15) is 0 Å². The standard InChI is InChI=1S/C13H19N3OS/c17-13(15-6-12-2-1-3-18-12)9-16-7-10-4-14-5-11(10)8-16/h1-3,10-11,14H,4-9H2,(H,15,17). The van der Waals surface area contributed by atoms with E-state index in [0.29, 0.717) is 13.1 Å². The van der Waals surface area contributed by atoms with Crippen LogP contribution in [-0.4, -0.2) is 43.5 Å². The van der Waals surface area contributed by atoms with E-state index in [2.05, 4.69) is 21.6 Å². The highest BCUT2D eigenvalue weighted by Crippen LogP contribution is 2.25. The van der Waals surface area contributed by atoms with E-state index < -0.39 is 0 Å². The van der Waals surface area contributed by atoms with Crippen LogP contribution in [0.4, 0.5) is 0 Å². The van der Waals surface area contributed by atoms with Gasteiger partial charge in [0, 0.05) is 18.0 Å². The van der Waals surface area contributed by atoms with Crippen LogP contribution in [0.2, 0.25) is 0 Å². The minimum absolute atomic E-state index is 0.149. The maximum atomic E-state index is 11.9. The molecule has 0 bridgehead atoms. The summed E-state index contributed by atoms with van der Waals surface area (Å²) in [6, 6.07) is 4.07. The second-order valence-electron chi connectivity index (χ2n) is 5.23. The molecule has 0 aliphatic carbocycles. The van der Waals surface area contributed by atoms with E-state index in [4.69, 9.17) is 0 Å². The maximum Gasteiger partial charge on any atom is 0.234 e. The molecular weight excluding hydrogens is 246 g/mol. The quantitative estimate of drug-likeness (QED) is 0.834. The average molecular weight is 265 g/mol. The molecular formula is C13H19N3OS. The monoisotopic (exact) mass is 265 g/mol. The molecule has 2 aliphatic rings. The van der Waals surface area contributed by atoms with Crippen molar-refractivity contribution in [1.82, 2.24) is 15.5 Å². The number of hydrogen-bond acceptors (Lipinski definition) is 4. The zero-order valence-corrected chi connectivity index (χ0v) is 11.2. The minimum Gasteiger partial charge on any atom is -0.350 e. The van der Waals surface area contributed by atoms with Crippen LogP contribution in [-0.2, 0) is 11.3 Å². The van der Waals surface area contributed by atoms with Crippen molar-refractivity contribution in [3.05, 3.63) is 22.4 Å². The molecule has 0 saturated carbocycles. The normalized spacial score (nSPS) is 27.3. The summed E-state index contributed by atoms with van der Waals surface area (Å²) in [5, 5.41) is 8.45. The second kappa shape index (κ2) is 5.38. The lowest BCUT2D eigenvalue weighted by Gasteiger charge is -2.16. The first kappa shape index (κ1) is 12.1. The topological polar surface area (TPSA) is 44.4 Å². The van der Waals surface area contributed by atoms with Gasteiger partial charge in [0.05, 0.1) is 13.1 Å². The van der Waals surface area contributed by atoms with Crippen molar-refractivity contribution in [2.75, 3.05) is 32.7 Å². The number of thiophene rings is 1. The molecule has 0 spiro atoms. The maximum absolute atomic E-state index is 11.9. The summed E-state index contributed by atoms with van der Waals surface area (Å²) in [6.07, 6.45) is 0. The number of likely N-dealkylation sites (tertiary alicyclic amines) is 1. The predicted octanol–water partition coefficient (Wildman–Crippen LogP) is 0.516. The molecule has 2 fully saturated rings. The first-order chi connectivity index (χ1) is 8.81. The Kier molecular flexibility index (Phi) is 3.63. The van der Waals surface area contributed by atoms with Crippen molar-refractivity contribution in [1.29, 1.82) is 0 Å². The van der Waals surface area contributed by atoms with E-state index in [9.17, 15) is 4.79 Å². The lowest BCUT2D eigenvalue weighted by Crippen LogP contribution is -2.37. The first-order valence-electron chi connectivity index (χ1n) is 6.53. The Morgan fingerprint density at radius 2 is 2.22 bits per heavy atom. The van der Waals surface area contributed by atoms with Crippen LogP contribution in [0, 0.1) is 11.8 Å². The van der Waals surface area contributed by atoms with Gasteiger partial charge in [0.1, 0.15) is 0 Å². The summed E-state index contributed by atoms with van der Waals surface area (Å²) >= 11 is 1.68. The third-order valence-corrected chi connectivity index (χ3v) is 4.75. The molecule has 2 unspecified atom stereocenters. The summed E-state index contributed by atoms with van der Waals surface area (Å²) in [6.45, 7) is 5.61. The smallest absolute Gasteiger partial charge is 0.234 e. The van der Waals surface area contributed by atoms with Crippen LogP contribution < -0.4 is 10.6 Å². The van der Waals surface area contributed by atoms with Gasteiger partial charge in [-0.25, -0.2) is 0 Å². The van der Waals surface area contributed by atoms with E-state index in [-0.39, 0.29) is 5.91 Å². The number of carbonyl (C=O) groups is 1. The molecule has 2 saturated heterocycles. The van der Waals surface area contributed by atoms with Crippen molar-refractivity contribution >= 4 is 17.2 Å². The summed E-state index contributed by atoms with van der Waals surface area (Å²) in [5.41, 5.74) is 0. The highest BCUT2D eigenvalue weighted by molar-refractivity contribution is 7.09. The zero-order chi connectivity index (χ0) is 12.4. The molecule has 2 atom stereocenters. The molecule has 2 aliphatic heterocycles. The Bertz CT molecular complexity index is 394. The van der Waals surface area contributed by atoms with Crippen molar-refractivity contribution in [3.63, 3.8) is 0 Å². The molecule has 0 radical (unpaired) electrons. The lowest BCUT2D eigenvalue weighted by atomic mass is 10.0. The Hall–Kier alpha value is -0.910. The van der Waals surface area contributed by atoms with Gasteiger partial charge in [-0.15, -0.1) is 11.3 Å². The third kappa shape index (κ3) is 2.74. The van der Waals surface area contributed by atoms with Gasteiger partial charge in [0.25, 0.3) is 0 Å². The minimum atomic E-state index is 0.149. The molecule has 3 heterocycles. The summed E-state index contributed by atoms with van der Waals surface area (Å²) in [4.78, 5) is 15.4. The molecule has 1 aromatic heterocycles. The van der Waals surface area contributed by atoms with Gasteiger partial charge in [-0.05, 0) is 36.4 Å². The van der Waals surface area contributed by atoms with E-state index in [0.717, 1.165) is 38.0 Å². The number of amides is 1. The van der Waals surface area contributed by atoms with Crippen LogP contribution in [0.15, 0.2) is 17.5 Å². The Labute approximate surface area is 111 Å². The highest BCUT2D eigenvalue weighted by Gasteiger charge is 2.36. The highest BCUT2D eigenvalue weighted by atomic mass is 32.1. The number of rotatable bonds is 4. The van der Waals surface area contributed by atoms with E-state index >= 15 is 0 Å². The molecule has 3 rings (SSSR count). The second-order valence-corrected chi connectivity index (χ2v) is 6.26. The van der Waals surface area contributed by atoms with Crippen LogP contribution in [0.25, 0.3) is 0 Å². The van der Waals surface area contributed by atoms with E-state index in [1.54, 1.807) is 11.3 Å². The molecule has 18 heavy (non-hydrogen) atoms. The fourth-order valence-electron chi connectivity index (χ4n) is 2.94. The predicted molar refractivity (Wildman–Crippen MR) is 72.5 cm³/mol. The number of nitrogens with one attached hydrogen (secondary N) is 2. The van der Waals surface area contributed by atoms with Crippen LogP contribution in [0.5, 0.6) is 0 Å². The van der Waals surface area contributed by atoms with Gasteiger partial charge >= 0.3 is 0 Å². The number of fused-ring (bicyclic) bond motifs is 1. The summed E-state index contributed by atoms with van der Waals surface area (Å²) < 4.78 is 0. The van der Waals surface area contributed by atoms with Gasteiger partial charge in [0.15, 0.2) is 0 Å². The van der Waals surface area contributed by atoms with Crippen LogP contribution >= 0.6 is 11.3 Å². The van der Waals surface area contributed by atoms with Crippen LogP contribution in [0.3, 0.4) is 0 Å². The molecule has 4 nitrogen and oxygen atoms in total. The molecule has 98 valence electrons. The number of carbonyl (C=O) groups excluding carboxylic acids is 1. The van der Waals surface area contributed by atoms with Crippen molar-refractivity contribution in [3.8, 4) is 0 Å². The molecule has 1 amide bonds. The summed E-state index contributed by atoms with van der Waals surface area (Å²) in [7, 11) is 0. The third-order valence-electron chi connectivity index (χ3n) is 3.87. The summed E-state index contributed by atoms with van der Waals surface area (Å²) in [5.74, 6) is 1.67. The molecule has 1 aromatic rings. The van der Waals surface area contributed by atoms with Crippen molar-refractivity contribution < 1.29 is 4.79 Å². The number of hydrogen-bond donors (Lipinski definition) is 2. The van der Waals surface area contributed by atoms with Gasteiger partial charge < -0.3 is 10.6 Å². The first-order valence-corrected chi connectivity index (χ1v) is 7.41. The molecule has 0 aromatic carbocycles. The Morgan fingerprint density at radius 3 is 2.89 bits per heavy atom. The van der Waals surface area contributed by atoms with Crippen molar-refractivity contribution in [2.45, 2.75) is 6.54 Å². The SMILES string of the molecule is O=C(CN1CC2CNCC2C1)NCc1cccs1. The van der Waals surface area contributed by atoms with E-state index in [1.807, 2.05) is 11.4 Å². The van der Waals surface area contributed by atoms with Crippen molar-refractivity contribution in [2.24, 2.45) is 11.8 Å². The van der Waals surface area contributed by atoms with E-state index in [1.165, 1.54) is 4.88 Å². The molecule has 5 heteroatoms. The van der Waals surface area contributed by atoms with Gasteiger partial charge in [0.2, 0.25) is 5.91 Å². The zero-order valence-electron chi connectivity index (χ0n) is 10.4. The fraction of sp³-hybridized carbons (Fsp3) is 0.615. The fourth-order valence-corrected chi connectivity index (χ4v) is 3.58.